The van der Waals surface area contributed by atoms with Crippen LogP contribution >= 0.6 is 0 Å². The Balaban J connectivity index is 1.19. The van der Waals surface area contributed by atoms with E-state index in [1.807, 2.05) is 36.4 Å². The Bertz CT molecular complexity index is 813. The molecule has 2 saturated heterocycles. The average molecular weight is 411 g/mol. The lowest BCUT2D eigenvalue weighted by Gasteiger charge is -2.42. The fraction of sp³-hybridized carbons (Fsp3) is 0.435. The number of methoxy groups -OCH3 is 1. The van der Waals surface area contributed by atoms with Gasteiger partial charge in [0.2, 0.25) is 0 Å². The number of benzene rings is 2. The summed E-state index contributed by atoms with van der Waals surface area (Å²) >= 11 is 0. The second-order valence-corrected chi connectivity index (χ2v) is 7.86. The van der Waals surface area contributed by atoms with Crippen molar-refractivity contribution in [3.8, 4) is 5.75 Å². The van der Waals surface area contributed by atoms with Crippen LogP contribution in [-0.2, 0) is 17.8 Å². The van der Waals surface area contributed by atoms with E-state index in [9.17, 15) is 4.79 Å². The molecular weight excluding hydrogens is 380 g/mol. The molecule has 7 heteroatoms. The summed E-state index contributed by atoms with van der Waals surface area (Å²) in [6.45, 7) is 7.59. The second kappa shape index (κ2) is 9.93. The van der Waals surface area contributed by atoms with Crippen LogP contribution in [0, 0.1) is 0 Å². The highest BCUT2D eigenvalue weighted by Gasteiger charge is 2.28. The first-order valence-electron chi connectivity index (χ1n) is 10.5. The van der Waals surface area contributed by atoms with Crippen LogP contribution in [0.25, 0.3) is 0 Å². The van der Waals surface area contributed by atoms with Crippen LogP contribution in [0.5, 0.6) is 5.75 Å². The molecule has 2 aromatic carbocycles. The summed E-state index contributed by atoms with van der Waals surface area (Å²) in [4.78, 5) is 17.2. The fourth-order valence-electron chi connectivity index (χ4n) is 3.77. The molecule has 0 aromatic heterocycles. The summed E-state index contributed by atoms with van der Waals surface area (Å²) in [5.74, 6) is 0.804. The molecule has 2 aliphatic rings. The van der Waals surface area contributed by atoms with Crippen molar-refractivity contribution < 1.29 is 14.3 Å². The molecule has 0 saturated carbocycles. The van der Waals surface area contributed by atoms with E-state index in [2.05, 4.69) is 32.6 Å². The highest BCUT2D eigenvalue weighted by atomic mass is 16.5. The van der Waals surface area contributed by atoms with E-state index in [0.29, 0.717) is 12.6 Å². The Labute approximate surface area is 177 Å². The Hall–Kier alpha value is -2.61. The monoisotopic (exact) mass is 410 g/mol. The van der Waals surface area contributed by atoms with Crippen molar-refractivity contribution in [2.24, 2.45) is 0 Å². The van der Waals surface area contributed by atoms with Gasteiger partial charge in [-0.05, 0) is 35.4 Å². The number of ether oxygens (including phenoxy) is 2. The number of rotatable bonds is 7. The Morgan fingerprint density at radius 2 is 1.67 bits per heavy atom. The third kappa shape index (κ3) is 5.50. The normalized spacial score (nSPS) is 17.9. The molecule has 2 fully saturated rings. The summed E-state index contributed by atoms with van der Waals surface area (Å²) in [7, 11) is 1.64. The number of urea groups is 1. The van der Waals surface area contributed by atoms with Crippen molar-refractivity contribution >= 4 is 11.7 Å². The third-order valence-corrected chi connectivity index (χ3v) is 5.77. The SMILES string of the molecule is COc1ccc(CNC(=O)Nc2ccc(CN3CCN(C4COC4)CC3)cc2)cc1. The molecule has 4 rings (SSSR count). The van der Waals surface area contributed by atoms with Gasteiger partial charge < -0.3 is 20.1 Å². The number of amides is 2. The van der Waals surface area contributed by atoms with E-state index < -0.39 is 0 Å². The van der Waals surface area contributed by atoms with Crippen LogP contribution in [0.15, 0.2) is 48.5 Å². The van der Waals surface area contributed by atoms with E-state index in [-0.39, 0.29) is 6.03 Å². The molecular formula is C23H30N4O3. The molecule has 0 aliphatic carbocycles. The Kier molecular flexibility index (Phi) is 6.84. The third-order valence-electron chi connectivity index (χ3n) is 5.77. The van der Waals surface area contributed by atoms with E-state index in [0.717, 1.165) is 62.9 Å². The number of carbonyl (C=O) groups is 1. The molecule has 2 amide bonds. The molecule has 0 atom stereocenters. The van der Waals surface area contributed by atoms with Crippen LogP contribution in [-0.4, -0.2) is 68.4 Å². The number of carbonyl (C=O) groups excluding carboxylic acids is 1. The summed E-state index contributed by atoms with van der Waals surface area (Å²) in [5.41, 5.74) is 3.08. The minimum atomic E-state index is -0.213. The minimum absolute atomic E-state index is 0.213. The topological polar surface area (TPSA) is 66.1 Å². The summed E-state index contributed by atoms with van der Waals surface area (Å²) < 4.78 is 10.4. The summed E-state index contributed by atoms with van der Waals surface area (Å²) in [6, 6.07) is 16.2. The molecule has 0 unspecified atom stereocenters. The predicted molar refractivity (Wildman–Crippen MR) is 117 cm³/mol. The summed E-state index contributed by atoms with van der Waals surface area (Å²) in [5, 5.41) is 5.77. The van der Waals surface area contributed by atoms with Crippen molar-refractivity contribution in [2.75, 3.05) is 51.8 Å². The highest BCUT2D eigenvalue weighted by Crippen LogP contribution is 2.16. The smallest absolute Gasteiger partial charge is 0.319 e. The number of anilines is 1. The van der Waals surface area contributed by atoms with Gasteiger partial charge in [-0.3, -0.25) is 9.80 Å². The van der Waals surface area contributed by atoms with Crippen molar-refractivity contribution in [1.82, 2.24) is 15.1 Å². The molecule has 7 nitrogen and oxygen atoms in total. The lowest BCUT2D eigenvalue weighted by atomic mass is 10.1. The van der Waals surface area contributed by atoms with Gasteiger partial charge in [0.15, 0.2) is 0 Å². The first-order valence-corrected chi connectivity index (χ1v) is 10.5. The van der Waals surface area contributed by atoms with Gasteiger partial charge in [0.05, 0.1) is 26.4 Å². The Morgan fingerprint density at radius 3 is 2.27 bits per heavy atom. The van der Waals surface area contributed by atoms with Crippen molar-refractivity contribution in [3.05, 3.63) is 59.7 Å². The molecule has 2 aliphatic heterocycles. The molecule has 2 aromatic rings. The highest BCUT2D eigenvalue weighted by molar-refractivity contribution is 5.89. The van der Waals surface area contributed by atoms with E-state index in [1.165, 1.54) is 5.56 Å². The van der Waals surface area contributed by atoms with Crippen LogP contribution < -0.4 is 15.4 Å². The van der Waals surface area contributed by atoms with Crippen LogP contribution in [0.4, 0.5) is 10.5 Å². The molecule has 0 radical (unpaired) electrons. The Morgan fingerprint density at radius 1 is 1.00 bits per heavy atom. The average Bonchev–Trinajstić information content (AvgIpc) is 2.74. The number of piperazine rings is 1. The maximum absolute atomic E-state index is 12.2. The zero-order valence-corrected chi connectivity index (χ0v) is 17.5. The van der Waals surface area contributed by atoms with Crippen LogP contribution in [0.2, 0.25) is 0 Å². The van der Waals surface area contributed by atoms with Gasteiger partial charge in [-0.2, -0.15) is 0 Å². The summed E-state index contributed by atoms with van der Waals surface area (Å²) in [6.07, 6.45) is 0. The van der Waals surface area contributed by atoms with Gasteiger partial charge >= 0.3 is 6.03 Å². The van der Waals surface area contributed by atoms with Crippen molar-refractivity contribution in [3.63, 3.8) is 0 Å². The number of nitrogens with one attached hydrogen (secondary N) is 2. The van der Waals surface area contributed by atoms with Gasteiger partial charge in [0, 0.05) is 45.0 Å². The largest absolute Gasteiger partial charge is 0.497 e. The zero-order chi connectivity index (χ0) is 20.8. The van der Waals surface area contributed by atoms with Gasteiger partial charge in [-0.1, -0.05) is 24.3 Å². The first-order chi connectivity index (χ1) is 14.7. The van der Waals surface area contributed by atoms with Gasteiger partial charge in [-0.25, -0.2) is 4.79 Å². The first kappa shape index (κ1) is 20.7. The standard InChI is InChI=1S/C23H30N4O3/c1-29-22-8-4-18(5-9-22)14-24-23(28)25-20-6-2-19(3-7-20)15-26-10-12-27(13-11-26)21-16-30-17-21/h2-9,21H,10-17H2,1H3,(H2,24,25,28). The molecule has 2 heterocycles. The quantitative estimate of drug-likeness (QED) is 0.734. The van der Waals surface area contributed by atoms with Crippen molar-refractivity contribution in [1.29, 1.82) is 0 Å². The molecule has 0 bridgehead atoms. The lowest BCUT2D eigenvalue weighted by molar-refractivity contribution is -0.0774. The maximum Gasteiger partial charge on any atom is 0.319 e. The second-order valence-electron chi connectivity index (χ2n) is 7.86. The maximum atomic E-state index is 12.2. The van der Waals surface area contributed by atoms with E-state index in [1.54, 1.807) is 7.11 Å². The number of nitrogens with zero attached hydrogens (tertiary/aromatic N) is 2. The minimum Gasteiger partial charge on any atom is -0.497 e. The van der Waals surface area contributed by atoms with Crippen LogP contribution in [0.1, 0.15) is 11.1 Å². The molecule has 2 N–H and O–H groups in total. The predicted octanol–water partition coefficient (Wildman–Crippen LogP) is 2.53. The fourth-order valence-corrected chi connectivity index (χ4v) is 3.77. The van der Waals surface area contributed by atoms with Crippen LogP contribution in [0.3, 0.4) is 0 Å². The van der Waals surface area contributed by atoms with Crippen molar-refractivity contribution in [2.45, 2.75) is 19.1 Å². The molecule has 30 heavy (non-hydrogen) atoms. The zero-order valence-electron chi connectivity index (χ0n) is 17.5. The van der Waals surface area contributed by atoms with E-state index >= 15 is 0 Å². The lowest BCUT2D eigenvalue weighted by Crippen LogP contribution is -2.56. The van der Waals surface area contributed by atoms with Gasteiger partial charge in [0.25, 0.3) is 0 Å². The van der Waals surface area contributed by atoms with Gasteiger partial charge in [-0.15, -0.1) is 0 Å². The number of hydrogen-bond donors (Lipinski definition) is 2. The van der Waals surface area contributed by atoms with E-state index in [4.69, 9.17) is 9.47 Å². The molecule has 160 valence electrons. The number of hydrogen-bond acceptors (Lipinski definition) is 5. The van der Waals surface area contributed by atoms with Gasteiger partial charge in [0.1, 0.15) is 5.75 Å². The molecule has 0 spiro atoms.